The van der Waals surface area contributed by atoms with E-state index in [-0.39, 0.29) is 11.8 Å². The number of alkyl halides is 1. The molecule has 1 aliphatic rings. The van der Waals surface area contributed by atoms with Gasteiger partial charge in [-0.1, -0.05) is 22.9 Å². The van der Waals surface area contributed by atoms with E-state index >= 15 is 0 Å². The summed E-state index contributed by atoms with van der Waals surface area (Å²) in [5, 5.41) is 1.01. The highest BCUT2D eigenvalue weighted by Crippen LogP contribution is 2.22. The van der Waals surface area contributed by atoms with Crippen LogP contribution in [-0.4, -0.2) is 35.3 Å². The molecule has 0 saturated carbocycles. The van der Waals surface area contributed by atoms with Crippen molar-refractivity contribution in [3.8, 4) is 0 Å². The molecule has 0 spiro atoms. The van der Waals surface area contributed by atoms with Crippen molar-refractivity contribution < 1.29 is 4.79 Å². The monoisotopic (exact) mass is 276 g/mol. The van der Waals surface area contributed by atoms with Crippen LogP contribution in [0.15, 0.2) is 0 Å². The third-order valence-corrected chi connectivity index (χ3v) is 4.33. The Morgan fingerprint density at radius 3 is 2.80 bits per heavy atom. The Balaban J connectivity index is 2.49. The molecule has 3 unspecified atom stereocenters. The van der Waals surface area contributed by atoms with E-state index in [4.69, 9.17) is 5.73 Å². The lowest BCUT2D eigenvalue weighted by Gasteiger charge is -2.38. The topological polar surface area (TPSA) is 46.3 Å². The van der Waals surface area contributed by atoms with E-state index in [0.717, 1.165) is 31.3 Å². The van der Waals surface area contributed by atoms with Gasteiger partial charge >= 0.3 is 0 Å². The molecule has 88 valence electrons. The van der Waals surface area contributed by atoms with Gasteiger partial charge in [0.2, 0.25) is 5.91 Å². The predicted molar refractivity (Wildman–Crippen MR) is 65.9 cm³/mol. The van der Waals surface area contributed by atoms with Crippen molar-refractivity contribution >= 4 is 21.8 Å². The van der Waals surface area contributed by atoms with Crippen molar-refractivity contribution in [2.75, 3.05) is 18.4 Å². The zero-order chi connectivity index (χ0) is 11.4. The zero-order valence-corrected chi connectivity index (χ0v) is 11.2. The number of likely N-dealkylation sites (tertiary alicyclic amines) is 1. The largest absolute Gasteiger partial charge is 0.369 e. The Bertz CT molecular complexity index is 223. The minimum atomic E-state index is -0.140. The minimum absolute atomic E-state index is 0.0590. The van der Waals surface area contributed by atoms with Crippen LogP contribution >= 0.6 is 15.9 Å². The van der Waals surface area contributed by atoms with Crippen LogP contribution in [0.5, 0.6) is 0 Å². The molecule has 1 amide bonds. The second-order valence-corrected chi connectivity index (χ2v) is 5.39. The van der Waals surface area contributed by atoms with Gasteiger partial charge < -0.3 is 5.73 Å². The van der Waals surface area contributed by atoms with Gasteiger partial charge in [0.1, 0.15) is 0 Å². The van der Waals surface area contributed by atoms with Crippen molar-refractivity contribution in [2.45, 2.75) is 32.7 Å². The normalized spacial score (nSPS) is 30.1. The fourth-order valence-corrected chi connectivity index (χ4v) is 2.32. The van der Waals surface area contributed by atoms with Crippen LogP contribution in [0.4, 0.5) is 0 Å². The van der Waals surface area contributed by atoms with Crippen LogP contribution in [-0.2, 0) is 4.79 Å². The zero-order valence-electron chi connectivity index (χ0n) is 9.58. The molecule has 0 bridgehead atoms. The van der Waals surface area contributed by atoms with Crippen LogP contribution in [0, 0.1) is 11.8 Å². The number of rotatable bonds is 4. The molecule has 1 aliphatic heterocycles. The summed E-state index contributed by atoms with van der Waals surface area (Å²) < 4.78 is 0. The first-order valence-electron chi connectivity index (χ1n) is 5.64. The van der Waals surface area contributed by atoms with Crippen molar-refractivity contribution in [2.24, 2.45) is 17.6 Å². The summed E-state index contributed by atoms with van der Waals surface area (Å²) in [6, 6.07) is 0.585. The lowest BCUT2D eigenvalue weighted by Crippen LogP contribution is -2.47. The highest BCUT2D eigenvalue weighted by Gasteiger charge is 2.28. The third-order valence-electron chi connectivity index (χ3n) is 3.22. The molecule has 3 nitrogen and oxygen atoms in total. The number of primary amides is 1. The van der Waals surface area contributed by atoms with Gasteiger partial charge in [0.05, 0.1) is 5.92 Å². The Hall–Kier alpha value is -0.0900. The van der Waals surface area contributed by atoms with Crippen LogP contribution in [0.25, 0.3) is 0 Å². The van der Waals surface area contributed by atoms with Crippen LogP contribution in [0.1, 0.15) is 26.7 Å². The van der Waals surface area contributed by atoms with E-state index in [0.29, 0.717) is 12.0 Å². The molecule has 1 heterocycles. The van der Waals surface area contributed by atoms with E-state index in [1.165, 1.54) is 0 Å². The Morgan fingerprint density at radius 2 is 2.27 bits per heavy atom. The Kier molecular flexibility index (Phi) is 5.06. The van der Waals surface area contributed by atoms with Crippen molar-refractivity contribution in [3.05, 3.63) is 0 Å². The maximum Gasteiger partial charge on any atom is 0.221 e. The van der Waals surface area contributed by atoms with Gasteiger partial charge in [0.25, 0.3) is 0 Å². The number of halogens is 1. The molecule has 0 radical (unpaired) electrons. The number of carbonyl (C=O) groups excluding carboxylic acids is 1. The first-order valence-corrected chi connectivity index (χ1v) is 6.76. The lowest BCUT2D eigenvalue weighted by molar-refractivity contribution is -0.124. The average molecular weight is 277 g/mol. The molecule has 1 saturated heterocycles. The number of amides is 1. The van der Waals surface area contributed by atoms with E-state index in [9.17, 15) is 4.79 Å². The first kappa shape index (κ1) is 13.0. The van der Waals surface area contributed by atoms with E-state index < -0.39 is 0 Å². The molecule has 2 N–H and O–H groups in total. The van der Waals surface area contributed by atoms with Crippen molar-refractivity contribution in [1.29, 1.82) is 0 Å². The maximum atomic E-state index is 11.1. The molecule has 0 aromatic carbocycles. The molecule has 0 aliphatic carbocycles. The van der Waals surface area contributed by atoms with Gasteiger partial charge in [0, 0.05) is 24.5 Å². The van der Waals surface area contributed by atoms with Crippen LogP contribution in [0.3, 0.4) is 0 Å². The summed E-state index contributed by atoms with van der Waals surface area (Å²) in [5.74, 6) is 0.543. The highest BCUT2D eigenvalue weighted by molar-refractivity contribution is 9.09. The fraction of sp³-hybridized carbons (Fsp3) is 0.909. The number of carbonyl (C=O) groups is 1. The second kappa shape index (κ2) is 5.85. The first-order chi connectivity index (χ1) is 7.04. The smallest absolute Gasteiger partial charge is 0.221 e. The summed E-state index contributed by atoms with van der Waals surface area (Å²) in [7, 11) is 0. The van der Waals surface area contributed by atoms with Crippen molar-refractivity contribution in [1.82, 2.24) is 4.90 Å². The number of nitrogens with two attached hydrogens (primary N) is 1. The third kappa shape index (κ3) is 3.76. The Labute approximate surface area is 101 Å². The van der Waals surface area contributed by atoms with E-state index in [2.05, 4.69) is 34.7 Å². The van der Waals surface area contributed by atoms with Gasteiger partial charge in [-0.3, -0.25) is 9.69 Å². The van der Waals surface area contributed by atoms with E-state index in [1.807, 2.05) is 0 Å². The van der Waals surface area contributed by atoms with Crippen LogP contribution in [0.2, 0.25) is 0 Å². The summed E-state index contributed by atoms with van der Waals surface area (Å²) in [6.07, 6.45) is 2.04. The molecule has 15 heavy (non-hydrogen) atoms. The van der Waals surface area contributed by atoms with Crippen molar-refractivity contribution in [3.63, 3.8) is 0 Å². The SMILES string of the molecule is CC(CBr)CN1CC(C(N)=O)CCC1C. The maximum absolute atomic E-state index is 11.1. The molecular weight excluding hydrogens is 256 g/mol. The molecule has 3 atom stereocenters. The summed E-state index contributed by atoms with van der Waals surface area (Å²) in [4.78, 5) is 13.5. The second-order valence-electron chi connectivity index (χ2n) is 4.74. The van der Waals surface area contributed by atoms with Gasteiger partial charge in [-0.15, -0.1) is 0 Å². The quantitative estimate of drug-likeness (QED) is 0.793. The highest BCUT2D eigenvalue weighted by atomic mass is 79.9. The predicted octanol–water partition coefficient (Wildman–Crippen LogP) is 1.60. The summed E-state index contributed by atoms with van der Waals surface area (Å²) in [6.45, 7) is 6.34. The van der Waals surface area contributed by atoms with Crippen LogP contribution < -0.4 is 5.73 Å². The standard InChI is InChI=1S/C11H21BrN2O/c1-8(5-12)6-14-7-10(11(13)15)4-3-9(14)2/h8-10H,3-7H2,1-2H3,(H2,13,15). The molecule has 1 rings (SSSR count). The number of piperidine rings is 1. The summed E-state index contributed by atoms with van der Waals surface area (Å²) >= 11 is 3.49. The number of nitrogens with zero attached hydrogens (tertiary/aromatic N) is 1. The Morgan fingerprint density at radius 1 is 1.60 bits per heavy atom. The molecule has 0 aromatic heterocycles. The number of hydrogen-bond donors (Lipinski definition) is 1. The number of hydrogen-bond acceptors (Lipinski definition) is 2. The fourth-order valence-electron chi connectivity index (χ4n) is 2.12. The van der Waals surface area contributed by atoms with Gasteiger partial charge in [0.15, 0.2) is 0 Å². The van der Waals surface area contributed by atoms with E-state index in [1.54, 1.807) is 0 Å². The average Bonchev–Trinajstić information content (AvgIpc) is 2.20. The molecule has 4 heteroatoms. The van der Waals surface area contributed by atoms with Gasteiger partial charge in [-0.2, -0.15) is 0 Å². The molecule has 1 fully saturated rings. The molecule has 0 aromatic rings. The van der Waals surface area contributed by atoms with Gasteiger partial charge in [-0.25, -0.2) is 0 Å². The minimum Gasteiger partial charge on any atom is -0.369 e. The lowest BCUT2D eigenvalue weighted by atomic mass is 9.92. The van der Waals surface area contributed by atoms with Gasteiger partial charge in [-0.05, 0) is 25.7 Å². The summed E-state index contributed by atoms with van der Waals surface area (Å²) in [5.41, 5.74) is 5.36. The molecular formula is C11H21BrN2O.